The highest BCUT2D eigenvalue weighted by molar-refractivity contribution is 6.32. The summed E-state index contributed by atoms with van der Waals surface area (Å²) < 4.78 is 5.81. The van der Waals surface area contributed by atoms with E-state index in [0.29, 0.717) is 29.7 Å². The Kier molecular flexibility index (Phi) is 4.99. The molecule has 1 aromatic carbocycles. The standard InChI is InChI=1S/C18H22ClNO4/c1-2-15(24-16-6-4-3-5-14(16)19)17(21)20-9-12(11-7-8-11)13(10-20)18(22)23/h3-6,11-13,15H,2,7-10H2,1H3,(H,22,23)/t12-,13+,15?/m1/s1. The van der Waals surface area contributed by atoms with E-state index in [2.05, 4.69) is 0 Å². The summed E-state index contributed by atoms with van der Waals surface area (Å²) in [7, 11) is 0. The predicted octanol–water partition coefficient (Wildman–Crippen LogP) is 3.07. The van der Waals surface area contributed by atoms with Crippen molar-refractivity contribution in [3.63, 3.8) is 0 Å². The number of rotatable bonds is 6. The smallest absolute Gasteiger partial charge is 0.308 e. The van der Waals surface area contributed by atoms with Gasteiger partial charge in [0.1, 0.15) is 5.75 Å². The molecule has 0 aromatic heterocycles. The van der Waals surface area contributed by atoms with Crippen LogP contribution in [0.2, 0.25) is 5.02 Å². The van der Waals surface area contributed by atoms with Crippen LogP contribution in [0.4, 0.5) is 0 Å². The second-order valence-corrected chi connectivity index (χ2v) is 7.04. The van der Waals surface area contributed by atoms with E-state index in [1.54, 1.807) is 29.2 Å². The summed E-state index contributed by atoms with van der Waals surface area (Å²) in [6.07, 6.45) is 2.01. The minimum Gasteiger partial charge on any atom is -0.481 e. The summed E-state index contributed by atoms with van der Waals surface area (Å²) in [5, 5.41) is 9.90. The molecule has 1 N–H and O–H groups in total. The Hall–Kier alpha value is -1.75. The van der Waals surface area contributed by atoms with Crippen molar-refractivity contribution in [3.8, 4) is 5.75 Å². The van der Waals surface area contributed by atoms with Crippen LogP contribution in [-0.2, 0) is 9.59 Å². The van der Waals surface area contributed by atoms with Gasteiger partial charge >= 0.3 is 5.97 Å². The van der Waals surface area contributed by atoms with Gasteiger partial charge in [-0.3, -0.25) is 9.59 Å². The number of halogens is 1. The Morgan fingerprint density at radius 2 is 2.04 bits per heavy atom. The first-order chi connectivity index (χ1) is 11.5. The Balaban J connectivity index is 1.70. The quantitative estimate of drug-likeness (QED) is 0.855. The molecule has 1 aromatic rings. The van der Waals surface area contributed by atoms with Crippen LogP contribution in [0.3, 0.4) is 0 Å². The van der Waals surface area contributed by atoms with E-state index < -0.39 is 18.0 Å². The molecule has 2 aliphatic rings. The van der Waals surface area contributed by atoms with Crippen molar-refractivity contribution < 1.29 is 19.4 Å². The number of aliphatic carboxylic acids is 1. The third-order valence-electron chi connectivity index (χ3n) is 4.97. The van der Waals surface area contributed by atoms with Gasteiger partial charge in [0.2, 0.25) is 0 Å². The van der Waals surface area contributed by atoms with E-state index in [9.17, 15) is 14.7 Å². The lowest BCUT2D eigenvalue weighted by molar-refractivity contribution is -0.143. The molecule has 1 unspecified atom stereocenters. The second-order valence-electron chi connectivity index (χ2n) is 6.63. The number of carbonyl (C=O) groups is 2. The first-order valence-electron chi connectivity index (χ1n) is 8.44. The van der Waals surface area contributed by atoms with Crippen molar-refractivity contribution in [1.29, 1.82) is 0 Å². The summed E-state index contributed by atoms with van der Waals surface area (Å²) in [6, 6.07) is 7.05. The molecular weight excluding hydrogens is 330 g/mol. The van der Waals surface area contributed by atoms with E-state index in [-0.39, 0.29) is 18.4 Å². The van der Waals surface area contributed by atoms with Gasteiger partial charge in [0.15, 0.2) is 6.10 Å². The molecule has 1 saturated heterocycles. The largest absolute Gasteiger partial charge is 0.481 e. The zero-order valence-corrected chi connectivity index (χ0v) is 14.4. The van der Waals surface area contributed by atoms with Crippen LogP contribution in [-0.4, -0.2) is 41.1 Å². The van der Waals surface area contributed by atoms with Gasteiger partial charge in [0, 0.05) is 13.1 Å². The van der Waals surface area contributed by atoms with Crippen LogP contribution < -0.4 is 4.74 Å². The molecule has 130 valence electrons. The van der Waals surface area contributed by atoms with E-state index in [1.807, 2.05) is 6.92 Å². The van der Waals surface area contributed by atoms with Gasteiger partial charge in [-0.15, -0.1) is 0 Å². The monoisotopic (exact) mass is 351 g/mol. The molecule has 1 heterocycles. The summed E-state index contributed by atoms with van der Waals surface area (Å²) >= 11 is 6.10. The van der Waals surface area contributed by atoms with Gasteiger partial charge in [-0.1, -0.05) is 30.7 Å². The Bertz CT molecular complexity index is 631. The predicted molar refractivity (Wildman–Crippen MR) is 90.1 cm³/mol. The Morgan fingerprint density at radius 3 is 2.62 bits per heavy atom. The van der Waals surface area contributed by atoms with Gasteiger partial charge in [-0.2, -0.15) is 0 Å². The third-order valence-corrected chi connectivity index (χ3v) is 5.29. The summed E-state index contributed by atoms with van der Waals surface area (Å²) in [6.45, 7) is 2.67. The highest BCUT2D eigenvalue weighted by Gasteiger charge is 2.47. The van der Waals surface area contributed by atoms with Gasteiger partial charge < -0.3 is 14.7 Å². The number of para-hydroxylation sites is 1. The lowest BCUT2D eigenvalue weighted by atomic mass is 9.92. The number of amides is 1. The van der Waals surface area contributed by atoms with Crippen LogP contribution in [0.1, 0.15) is 26.2 Å². The summed E-state index contributed by atoms with van der Waals surface area (Å²) in [5.74, 6) is -0.404. The third kappa shape index (κ3) is 3.51. The van der Waals surface area contributed by atoms with Crippen LogP contribution >= 0.6 is 11.6 Å². The first-order valence-corrected chi connectivity index (χ1v) is 8.81. The molecule has 3 atom stereocenters. The number of hydrogen-bond donors (Lipinski definition) is 1. The molecule has 0 radical (unpaired) electrons. The average Bonchev–Trinajstić information content (AvgIpc) is 3.31. The van der Waals surface area contributed by atoms with Crippen molar-refractivity contribution in [1.82, 2.24) is 4.90 Å². The highest BCUT2D eigenvalue weighted by atomic mass is 35.5. The van der Waals surface area contributed by atoms with Crippen LogP contribution in [0.15, 0.2) is 24.3 Å². The van der Waals surface area contributed by atoms with Gasteiger partial charge in [0.25, 0.3) is 5.91 Å². The molecular formula is C18H22ClNO4. The highest BCUT2D eigenvalue weighted by Crippen LogP contribution is 2.44. The van der Waals surface area contributed by atoms with E-state index in [4.69, 9.17) is 16.3 Å². The van der Waals surface area contributed by atoms with Gasteiger partial charge in [-0.05, 0) is 43.2 Å². The Labute approximate surface area is 146 Å². The molecule has 0 spiro atoms. The molecule has 2 fully saturated rings. The van der Waals surface area contributed by atoms with Crippen molar-refractivity contribution in [2.45, 2.75) is 32.3 Å². The van der Waals surface area contributed by atoms with Crippen LogP contribution in [0.5, 0.6) is 5.75 Å². The van der Waals surface area contributed by atoms with Crippen molar-refractivity contribution in [2.24, 2.45) is 17.8 Å². The van der Waals surface area contributed by atoms with Gasteiger partial charge in [-0.25, -0.2) is 0 Å². The van der Waals surface area contributed by atoms with Crippen molar-refractivity contribution >= 4 is 23.5 Å². The maximum atomic E-state index is 12.8. The van der Waals surface area contributed by atoms with Crippen LogP contribution in [0.25, 0.3) is 0 Å². The molecule has 1 amide bonds. The van der Waals surface area contributed by atoms with Crippen LogP contribution in [0, 0.1) is 17.8 Å². The fraction of sp³-hybridized carbons (Fsp3) is 0.556. The number of carboxylic acid groups (broad SMARTS) is 1. The normalized spacial score (nSPS) is 24.7. The molecule has 1 aliphatic heterocycles. The minimum absolute atomic E-state index is 0.0734. The SMILES string of the molecule is CCC(Oc1ccccc1Cl)C(=O)N1C[C@H](C(=O)O)[C@@H](C2CC2)C1. The molecule has 1 saturated carbocycles. The fourth-order valence-electron chi connectivity index (χ4n) is 3.48. The number of carboxylic acids is 1. The molecule has 24 heavy (non-hydrogen) atoms. The fourth-order valence-corrected chi connectivity index (χ4v) is 3.66. The summed E-state index contributed by atoms with van der Waals surface area (Å²) in [5.41, 5.74) is 0. The van der Waals surface area contributed by atoms with E-state index in [0.717, 1.165) is 12.8 Å². The topological polar surface area (TPSA) is 66.8 Å². The Morgan fingerprint density at radius 1 is 1.33 bits per heavy atom. The molecule has 3 rings (SSSR count). The number of hydrogen-bond acceptors (Lipinski definition) is 3. The van der Waals surface area contributed by atoms with E-state index in [1.165, 1.54) is 0 Å². The average molecular weight is 352 g/mol. The van der Waals surface area contributed by atoms with Crippen molar-refractivity contribution in [3.05, 3.63) is 29.3 Å². The minimum atomic E-state index is -0.803. The van der Waals surface area contributed by atoms with E-state index >= 15 is 0 Å². The number of carbonyl (C=O) groups excluding carboxylic acids is 1. The number of benzene rings is 1. The zero-order chi connectivity index (χ0) is 17.3. The maximum Gasteiger partial charge on any atom is 0.308 e. The lowest BCUT2D eigenvalue weighted by Crippen LogP contribution is -2.41. The lowest BCUT2D eigenvalue weighted by Gasteiger charge is -2.24. The zero-order valence-electron chi connectivity index (χ0n) is 13.7. The number of nitrogens with zero attached hydrogens (tertiary/aromatic N) is 1. The molecule has 0 bridgehead atoms. The first kappa shape index (κ1) is 17.1. The summed E-state index contributed by atoms with van der Waals surface area (Å²) in [4.78, 5) is 26.0. The number of ether oxygens (including phenoxy) is 1. The molecule has 1 aliphatic carbocycles. The molecule has 5 nitrogen and oxygen atoms in total. The second kappa shape index (κ2) is 7.01. The maximum absolute atomic E-state index is 12.8. The van der Waals surface area contributed by atoms with Gasteiger partial charge in [0.05, 0.1) is 10.9 Å². The molecule has 6 heteroatoms. The number of likely N-dealkylation sites (tertiary alicyclic amines) is 1. The van der Waals surface area contributed by atoms with Crippen molar-refractivity contribution in [2.75, 3.05) is 13.1 Å².